The first kappa shape index (κ1) is 14.0. The van der Waals surface area contributed by atoms with Crippen LogP contribution in [0.15, 0.2) is 35.4 Å². The van der Waals surface area contributed by atoms with E-state index in [1.165, 1.54) is 15.9 Å². The molecule has 0 spiro atoms. The van der Waals surface area contributed by atoms with E-state index in [2.05, 4.69) is 5.10 Å². The molecule has 6 nitrogen and oxygen atoms in total. The second-order valence-corrected chi connectivity index (χ2v) is 5.00. The van der Waals surface area contributed by atoms with Crippen molar-refractivity contribution >= 4 is 6.03 Å². The number of carbonyl (C=O) groups excluding carboxylic acids is 1. The van der Waals surface area contributed by atoms with Crippen LogP contribution in [0.4, 0.5) is 4.79 Å². The molecule has 2 rings (SSSR count). The maximum Gasteiger partial charge on any atom is 0.354 e. The van der Waals surface area contributed by atoms with Crippen molar-refractivity contribution < 1.29 is 4.79 Å². The third kappa shape index (κ3) is 2.49. The Kier molecular flexibility index (Phi) is 3.74. The predicted molar refractivity (Wildman–Crippen MR) is 76.0 cm³/mol. The van der Waals surface area contributed by atoms with Crippen LogP contribution in [-0.4, -0.2) is 39.4 Å². The minimum Gasteiger partial charge on any atom is -0.330 e. The minimum absolute atomic E-state index is 0.224. The van der Waals surface area contributed by atoms with E-state index in [-0.39, 0.29) is 6.04 Å². The Labute approximate surface area is 117 Å². The van der Waals surface area contributed by atoms with E-state index in [0.29, 0.717) is 0 Å². The number of carbonyl (C=O) groups is 1. The quantitative estimate of drug-likeness (QED) is 0.833. The summed E-state index contributed by atoms with van der Waals surface area (Å²) >= 11 is 0. The van der Waals surface area contributed by atoms with Crippen molar-refractivity contribution in [2.75, 3.05) is 14.1 Å². The topological polar surface area (TPSA) is 60.1 Å². The van der Waals surface area contributed by atoms with Crippen LogP contribution in [0.3, 0.4) is 0 Å². The number of rotatable bonds is 2. The first-order chi connectivity index (χ1) is 9.41. The van der Waals surface area contributed by atoms with Gasteiger partial charge in [-0.25, -0.2) is 14.3 Å². The standard InChI is InChI=1S/C14H18N4O2/c1-10-6-5-7-12(8-10)11(2)18-14(20)17(9-15-18)13(19)16(3)4/h5-9,11H,1-4H3. The molecule has 0 N–H and O–H groups in total. The zero-order valence-corrected chi connectivity index (χ0v) is 12.1. The second-order valence-electron chi connectivity index (χ2n) is 5.00. The molecule has 20 heavy (non-hydrogen) atoms. The van der Waals surface area contributed by atoms with Gasteiger partial charge in [0.2, 0.25) is 0 Å². The van der Waals surface area contributed by atoms with E-state index in [0.717, 1.165) is 15.7 Å². The molecule has 0 aliphatic rings. The first-order valence-corrected chi connectivity index (χ1v) is 6.36. The Balaban J connectivity index is 2.40. The second kappa shape index (κ2) is 5.32. The summed E-state index contributed by atoms with van der Waals surface area (Å²) in [6, 6.07) is 7.25. The first-order valence-electron chi connectivity index (χ1n) is 6.36. The van der Waals surface area contributed by atoms with Gasteiger partial charge >= 0.3 is 11.7 Å². The molecule has 1 atom stereocenters. The van der Waals surface area contributed by atoms with Crippen LogP contribution in [0.2, 0.25) is 0 Å². The maximum atomic E-state index is 12.2. The summed E-state index contributed by atoms with van der Waals surface area (Å²) in [5.41, 5.74) is 1.67. The fourth-order valence-electron chi connectivity index (χ4n) is 2.00. The summed E-state index contributed by atoms with van der Waals surface area (Å²) in [6.45, 7) is 3.88. The lowest BCUT2D eigenvalue weighted by molar-refractivity contribution is 0.218. The third-order valence-corrected chi connectivity index (χ3v) is 3.17. The average molecular weight is 274 g/mol. The normalized spacial score (nSPS) is 12.2. The number of hydrogen-bond acceptors (Lipinski definition) is 3. The predicted octanol–water partition coefficient (Wildman–Crippen LogP) is 1.49. The number of aromatic nitrogens is 3. The molecule has 106 valence electrons. The highest BCUT2D eigenvalue weighted by Crippen LogP contribution is 2.16. The van der Waals surface area contributed by atoms with Gasteiger partial charge in [0.1, 0.15) is 6.33 Å². The monoisotopic (exact) mass is 274 g/mol. The Bertz CT molecular complexity index is 684. The number of benzene rings is 1. The van der Waals surface area contributed by atoms with Crippen molar-refractivity contribution in [2.45, 2.75) is 19.9 Å². The van der Waals surface area contributed by atoms with Gasteiger partial charge in [0, 0.05) is 14.1 Å². The molecule has 0 aliphatic heterocycles. The van der Waals surface area contributed by atoms with E-state index < -0.39 is 11.7 Å². The molecule has 0 aliphatic carbocycles. The minimum atomic E-state index is -0.433. The molecule has 1 unspecified atom stereocenters. The molecular weight excluding hydrogens is 256 g/mol. The van der Waals surface area contributed by atoms with Crippen molar-refractivity contribution in [2.24, 2.45) is 0 Å². The van der Waals surface area contributed by atoms with Crippen LogP contribution in [0, 0.1) is 6.92 Å². The molecule has 0 saturated carbocycles. The highest BCUT2D eigenvalue weighted by molar-refractivity contribution is 5.75. The molecule has 1 aromatic heterocycles. The molecule has 0 saturated heterocycles. The molecule has 0 bridgehead atoms. The van der Waals surface area contributed by atoms with Crippen LogP contribution in [0.5, 0.6) is 0 Å². The van der Waals surface area contributed by atoms with E-state index >= 15 is 0 Å². The van der Waals surface area contributed by atoms with Gasteiger partial charge in [-0.05, 0) is 19.4 Å². The lowest BCUT2D eigenvalue weighted by Gasteiger charge is -2.12. The van der Waals surface area contributed by atoms with Crippen LogP contribution in [0.1, 0.15) is 24.1 Å². The van der Waals surface area contributed by atoms with E-state index in [1.54, 1.807) is 14.1 Å². The van der Waals surface area contributed by atoms with E-state index in [4.69, 9.17) is 0 Å². The van der Waals surface area contributed by atoms with Crippen LogP contribution < -0.4 is 5.69 Å². The number of amides is 1. The molecular formula is C14H18N4O2. The van der Waals surface area contributed by atoms with Gasteiger partial charge in [-0.1, -0.05) is 29.8 Å². The van der Waals surface area contributed by atoms with Crippen LogP contribution in [-0.2, 0) is 0 Å². The van der Waals surface area contributed by atoms with E-state index in [1.807, 2.05) is 38.1 Å². The van der Waals surface area contributed by atoms with E-state index in [9.17, 15) is 9.59 Å². The van der Waals surface area contributed by atoms with Crippen molar-refractivity contribution in [3.63, 3.8) is 0 Å². The Morgan fingerprint density at radius 1 is 1.35 bits per heavy atom. The molecule has 1 aromatic carbocycles. The highest BCUT2D eigenvalue weighted by Gasteiger charge is 2.18. The molecule has 1 heterocycles. The van der Waals surface area contributed by atoms with Crippen molar-refractivity contribution in [3.8, 4) is 0 Å². The third-order valence-electron chi connectivity index (χ3n) is 3.17. The summed E-state index contributed by atoms with van der Waals surface area (Å²) < 4.78 is 2.32. The molecule has 0 radical (unpaired) electrons. The lowest BCUT2D eigenvalue weighted by Crippen LogP contribution is -2.36. The zero-order valence-electron chi connectivity index (χ0n) is 12.1. The fraction of sp³-hybridized carbons (Fsp3) is 0.357. The number of aryl methyl sites for hydroxylation is 1. The SMILES string of the molecule is Cc1cccc(C(C)n2ncn(C(=O)N(C)C)c2=O)c1. The van der Waals surface area contributed by atoms with Crippen molar-refractivity contribution in [1.29, 1.82) is 0 Å². The molecule has 2 aromatic rings. The van der Waals surface area contributed by atoms with Crippen LogP contribution in [0.25, 0.3) is 0 Å². The van der Waals surface area contributed by atoms with Crippen LogP contribution >= 0.6 is 0 Å². The summed E-state index contributed by atoms with van der Waals surface area (Å²) in [7, 11) is 3.19. The van der Waals surface area contributed by atoms with Gasteiger partial charge in [0.25, 0.3) is 0 Å². The Morgan fingerprint density at radius 2 is 2.05 bits per heavy atom. The highest BCUT2D eigenvalue weighted by atomic mass is 16.2. The largest absolute Gasteiger partial charge is 0.354 e. The summed E-state index contributed by atoms with van der Waals surface area (Å²) in [5, 5.41) is 4.04. The van der Waals surface area contributed by atoms with Crippen molar-refractivity contribution in [3.05, 3.63) is 52.2 Å². The van der Waals surface area contributed by atoms with Gasteiger partial charge in [0.15, 0.2) is 0 Å². The van der Waals surface area contributed by atoms with Gasteiger partial charge in [-0.2, -0.15) is 9.67 Å². The summed E-state index contributed by atoms with van der Waals surface area (Å²) in [4.78, 5) is 25.4. The van der Waals surface area contributed by atoms with Crippen molar-refractivity contribution in [1.82, 2.24) is 19.2 Å². The fourth-order valence-corrected chi connectivity index (χ4v) is 2.00. The number of hydrogen-bond donors (Lipinski definition) is 0. The zero-order chi connectivity index (χ0) is 14.9. The lowest BCUT2D eigenvalue weighted by atomic mass is 10.1. The maximum absolute atomic E-state index is 12.2. The Hall–Kier alpha value is -2.37. The summed E-state index contributed by atoms with van der Waals surface area (Å²) in [6.07, 6.45) is 1.26. The van der Waals surface area contributed by atoms with Gasteiger partial charge < -0.3 is 4.90 Å². The molecule has 6 heteroatoms. The summed E-state index contributed by atoms with van der Waals surface area (Å²) in [5.74, 6) is 0. The smallest absolute Gasteiger partial charge is 0.330 e. The van der Waals surface area contributed by atoms with Gasteiger partial charge in [-0.15, -0.1) is 0 Å². The molecule has 0 fully saturated rings. The van der Waals surface area contributed by atoms with Gasteiger partial charge in [0.05, 0.1) is 6.04 Å². The molecule has 1 amide bonds. The number of nitrogens with zero attached hydrogens (tertiary/aromatic N) is 4. The van der Waals surface area contributed by atoms with Gasteiger partial charge in [-0.3, -0.25) is 0 Å². The average Bonchev–Trinajstić information content (AvgIpc) is 2.78. The Morgan fingerprint density at radius 3 is 2.65 bits per heavy atom.